The van der Waals surface area contributed by atoms with E-state index >= 15 is 0 Å². The van der Waals surface area contributed by atoms with Crippen molar-refractivity contribution in [3.63, 3.8) is 0 Å². The van der Waals surface area contributed by atoms with Crippen molar-refractivity contribution in [3.8, 4) is 5.69 Å². The molecule has 1 aliphatic rings. The number of aromatic nitrogens is 2. The van der Waals surface area contributed by atoms with Gasteiger partial charge in [0.15, 0.2) is 5.16 Å². The van der Waals surface area contributed by atoms with E-state index in [1.54, 1.807) is 40.2 Å². The van der Waals surface area contributed by atoms with Crippen molar-refractivity contribution in [2.24, 2.45) is 5.92 Å². The molecule has 5 rings (SSSR count). The predicted octanol–water partition coefficient (Wildman–Crippen LogP) is 5.96. The van der Waals surface area contributed by atoms with Crippen LogP contribution in [0.2, 0.25) is 5.02 Å². The lowest BCUT2D eigenvalue weighted by Crippen LogP contribution is -2.23. The average molecular weight is 496 g/mol. The van der Waals surface area contributed by atoms with E-state index in [2.05, 4.69) is 12.2 Å². The van der Waals surface area contributed by atoms with Crippen LogP contribution in [0.15, 0.2) is 64.5 Å². The first-order chi connectivity index (χ1) is 16.0. The Labute approximate surface area is 204 Å². The van der Waals surface area contributed by atoms with Crippen molar-refractivity contribution in [2.75, 3.05) is 11.1 Å². The monoisotopic (exact) mass is 495 g/mol. The molecule has 1 atom stereocenters. The maximum absolute atomic E-state index is 13.7. The average Bonchev–Trinajstić information content (AvgIpc) is 3.17. The van der Waals surface area contributed by atoms with Crippen molar-refractivity contribution >= 4 is 56.5 Å². The molecular formula is C25H22ClN3O2S2. The molecule has 1 amide bonds. The van der Waals surface area contributed by atoms with Crippen LogP contribution < -0.4 is 10.9 Å². The molecular weight excluding hydrogens is 474 g/mol. The molecule has 0 bridgehead atoms. The lowest BCUT2D eigenvalue weighted by molar-refractivity contribution is -0.113. The maximum atomic E-state index is 13.7. The topological polar surface area (TPSA) is 64.0 Å². The Bertz CT molecular complexity index is 1380. The van der Waals surface area contributed by atoms with Crippen molar-refractivity contribution in [1.29, 1.82) is 0 Å². The summed E-state index contributed by atoms with van der Waals surface area (Å²) in [5.41, 5.74) is 2.53. The number of carbonyl (C=O) groups excluding carboxylic acids is 1. The minimum Gasteiger partial charge on any atom is -0.325 e. The number of thioether (sulfide) groups is 1. The summed E-state index contributed by atoms with van der Waals surface area (Å²) in [6, 6.07) is 16.5. The van der Waals surface area contributed by atoms with Crippen molar-refractivity contribution < 1.29 is 4.79 Å². The fourth-order valence-corrected chi connectivity index (χ4v) is 6.50. The van der Waals surface area contributed by atoms with Gasteiger partial charge in [0, 0.05) is 15.6 Å². The van der Waals surface area contributed by atoms with Crippen LogP contribution in [0.25, 0.3) is 15.9 Å². The zero-order valence-electron chi connectivity index (χ0n) is 18.0. The number of carbonyl (C=O) groups is 1. The number of thiophene rings is 1. The zero-order valence-corrected chi connectivity index (χ0v) is 20.4. The third kappa shape index (κ3) is 4.58. The van der Waals surface area contributed by atoms with Crippen LogP contribution in [0.5, 0.6) is 0 Å². The van der Waals surface area contributed by atoms with Gasteiger partial charge in [-0.1, -0.05) is 48.5 Å². The first kappa shape index (κ1) is 22.2. The van der Waals surface area contributed by atoms with Crippen LogP contribution >= 0.6 is 34.7 Å². The number of hydrogen-bond donors (Lipinski definition) is 1. The molecule has 1 N–H and O–H groups in total. The number of benzene rings is 2. The van der Waals surface area contributed by atoms with E-state index in [9.17, 15) is 9.59 Å². The van der Waals surface area contributed by atoms with Crippen LogP contribution in [-0.2, 0) is 17.6 Å². The van der Waals surface area contributed by atoms with Crippen molar-refractivity contribution in [1.82, 2.24) is 9.55 Å². The normalized spacial score (nSPS) is 15.4. The highest BCUT2D eigenvalue weighted by molar-refractivity contribution is 7.99. The third-order valence-electron chi connectivity index (χ3n) is 5.77. The van der Waals surface area contributed by atoms with E-state index in [0.29, 0.717) is 21.8 Å². The predicted molar refractivity (Wildman–Crippen MR) is 137 cm³/mol. The van der Waals surface area contributed by atoms with Gasteiger partial charge in [0.1, 0.15) is 4.83 Å². The van der Waals surface area contributed by atoms with E-state index in [4.69, 9.17) is 16.6 Å². The van der Waals surface area contributed by atoms with Crippen LogP contribution in [0.3, 0.4) is 0 Å². The lowest BCUT2D eigenvalue weighted by atomic mass is 9.89. The summed E-state index contributed by atoms with van der Waals surface area (Å²) < 4.78 is 1.65. The first-order valence-electron chi connectivity index (χ1n) is 10.8. The van der Waals surface area contributed by atoms with Gasteiger partial charge in [-0.05, 0) is 67.1 Å². The molecule has 168 valence electrons. The van der Waals surface area contributed by atoms with Gasteiger partial charge in [-0.3, -0.25) is 14.2 Å². The first-order valence-corrected chi connectivity index (χ1v) is 13.0. The third-order valence-corrected chi connectivity index (χ3v) is 8.11. The second-order valence-electron chi connectivity index (χ2n) is 8.25. The Morgan fingerprint density at radius 1 is 1.21 bits per heavy atom. The van der Waals surface area contributed by atoms with Crippen LogP contribution in [0, 0.1) is 5.92 Å². The standard InChI is InChI=1S/C25H22ClN3O2S2/c1-15-7-12-19-20(13-15)33-23-22(19)24(31)29(18-5-3-2-4-6-18)25(28-23)32-14-21(30)27-17-10-8-16(26)9-11-17/h2-6,8-11,15H,7,12-14H2,1H3,(H,27,30)/t15-/m0/s1. The summed E-state index contributed by atoms with van der Waals surface area (Å²) in [6.45, 7) is 2.25. The molecule has 5 nitrogen and oxygen atoms in total. The zero-order chi connectivity index (χ0) is 22.9. The fourth-order valence-electron chi connectivity index (χ4n) is 4.13. The van der Waals surface area contributed by atoms with Crippen molar-refractivity contribution in [2.45, 2.75) is 31.3 Å². The van der Waals surface area contributed by atoms with Gasteiger partial charge in [0.25, 0.3) is 5.56 Å². The number of nitrogens with one attached hydrogen (secondary N) is 1. The van der Waals surface area contributed by atoms with Gasteiger partial charge in [-0.25, -0.2) is 4.98 Å². The summed E-state index contributed by atoms with van der Waals surface area (Å²) in [4.78, 5) is 33.2. The number of amides is 1. The molecule has 0 radical (unpaired) electrons. The maximum Gasteiger partial charge on any atom is 0.267 e. The van der Waals surface area contributed by atoms with E-state index in [1.807, 2.05) is 30.3 Å². The SMILES string of the molecule is C[C@H]1CCc2c(sc3nc(SCC(=O)Nc4ccc(Cl)cc4)n(-c4ccccc4)c(=O)c23)C1. The van der Waals surface area contributed by atoms with Gasteiger partial charge in [0.05, 0.1) is 16.8 Å². The van der Waals surface area contributed by atoms with Crippen molar-refractivity contribution in [3.05, 3.63) is 80.4 Å². The Morgan fingerprint density at radius 2 is 1.97 bits per heavy atom. The highest BCUT2D eigenvalue weighted by Crippen LogP contribution is 2.37. The molecule has 33 heavy (non-hydrogen) atoms. The number of aryl methyl sites for hydroxylation is 1. The molecule has 2 aromatic carbocycles. The summed E-state index contributed by atoms with van der Waals surface area (Å²) in [6.07, 6.45) is 3.00. The Balaban J connectivity index is 1.51. The Hall–Kier alpha value is -2.61. The lowest BCUT2D eigenvalue weighted by Gasteiger charge is -2.17. The Morgan fingerprint density at radius 3 is 2.73 bits per heavy atom. The quantitative estimate of drug-likeness (QED) is 0.274. The highest BCUT2D eigenvalue weighted by Gasteiger charge is 2.25. The molecule has 0 saturated carbocycles. The van der Waals surface area contributed by atoms with Crippen LogP contribution in [0.1, 0.15) is 23.8 Å². The van der Waals surface area contributed by atoms with Gasteiger partial charge in [0.2, 0.25) is 5.91 Å². The molecule has 0 unspecified atom stereocenters. The number of rotatable bonds is 5. The molecule has 0 spiro atoms. The number of nitrogens with zero attached hydrogens (tertiary/aromatic N) is 2. The van der Waals surface area contributed by atoms with E-state index < -0.39 is 0 Å². The van der Waals surface area contributed by atoms with Gasteiger partial charge >= 0.3 is 0 Å². The molecule has 0 aliphatic heterocycles. The second kappa shape index (κ2) is 9.33. The molecule has 1 aliphatic carbocycles. The van der Waals surface area contributed by atoms with Gasteiger partial charge < -0.3 is 5.32 Å². The minimum atomic E-state index is -0.171. The summed E-state index contributed by atoms with van der Waals surface area (Å²) in [7, 11) is 0. The number of halogens is 1. The number of anilines is 1. The van der Waals surface area contributed by atoms with Gasteiger partial charge in [-0.15, -0.1) is 11.3 Å². The molecule has 8 heteroatoms. The largest absolute Gasteiger partial charge is 0.325 e. The van der Waals surface area contributed by atoms with E-state index in [0.717, 1.165) is 40.7 Å². The smallest absolute Gasteiger partial charge is 0.267 e. The molecule has 0 fully saturated rings. The summed E-state index contributed by atoms with van der Waals surface area (Å²) >= 11 is 8.81. The van der Waals surface area contributed by atoms with Gasteiger partial charge in [-0.2, -0.15) is 0 Å². The number of para-hydroxylation sites is 1. The van der Waals surface area contributed by atoms with Crippen LogP contribution in [-0.4, -0.2) is 21.2 Å². The summed E-state index contributed by atoms with van der Waals surface area (Å²) in [5, 5.41) is 4.74. The minimum absolute atomic E-state index is 0.0566. The second-order valence-corrected chi connectivity index (χ2v) is 10.7. The molecule has 2 heterocycles. The van der Waals surface area contributed by atoms with E-state index in [1.165, 1.54) is 16.6 Å². The highest BCUT2D eigenvalue weighted by atomic mass is 35.5. The molecule has 2 aromatic heterocycles. The number of fused-ring (bicyclic) bond motifs is 3. The number of hydrogen-bond acceptors (Lipinski definition) is 5. The molecule has 0 saturated heterocycles. The molecule has 4 aromatic rings. The van der Waals surface area contributed by atoms with Crippen LogP contribution in [0.4, 0.5) is 5.69 Å². The summed E-state index contributed by atoms with van der Waals surface area (Å²) in [5.74, 6) is 0.582. The van der Waals surface area contributed by atoms with E-state index in [-0.39, 0.29) is 17.2 Å². The fraction of sp³-hybridized carbons (Fsp3) is 0.240. The Kier molecular flexibility index (Phi) is 6.27.